The predicted octanol–water partition coefficient (Wildman–Crippen LogP) is 3.02. The molecule has 1 fully saturated rings. The molecule has 4 heteroatoms. The number of nitrogens with one attached hydrogen (secondary N) is 1. The van der Waals surface area contributed by atoms with Crippen LogP contribution in [0.15, 0.2) is 16.6 Å². The van der Waals surface area contributed by atoms with E-state index >= 15 is 0 Å². The molecular formula is C11H12BrF2N. The standard InChI is InChI=1S/C11H12BrF2N/c12-10-7(3-4-9(13)11(10)14)6-8-2-1-5-15-8/h3-4,8,15H,1-2,5-6H2. The monoisotopic (exact) mass is 275 g/mol. The van der Waals surface area contributed by atoms with Crippen molar-refractivity contribution in [3.05, 3.63) is 33.8 Å². The molecule has 1 aliphatic heterocycles. The van der Waals surface area contributed by atoms with Crippen LogP contribution in [0.5, 0.6) is 0 Å². The minimum atomic E-state index is -0.801. The second-order valence-electron chi connectivity index (χ2n) is 3.83. The van der Waals surface area contributed by atoms with E-state index in [0.29, 0.717) is 6.04 Å². The molecule has 1 N–H and O–H groups in total. The molecular weight excluding hydrogens is 264 g/mol. The average molecular weight is 276 g/mol. The predicted molar refractivity (Wildman–Crippen MR) is 58.8 cm³/mol. The van der Waals surface area contributed by atoms with E-state index < -0.39 is 11.6 Å². The molecule has 0 radical (unpaired) electrons. The van der Waals surface area contributed by atoms with Crippen molar-refractivity contribution in [2.24, 2.45) is 0 Å². The van der Waals surface area contributed by atoms with E-state index in [1.54, 1.807) is 6.07 Å². The van der Waals surface area contributed by atoms with Gasteiger partial charge in [-0.1, -0.05) is 6.07 Å². The molecule has 2 rings (SSSR count). The number of rotatable bonds is 2. The van der Waals surface area contributed by atoms with Crippen molar-refractivity contribution in [2.45, 2.75) is 25.3 Å². The topological polar surface area (TPSA) is 12.0 Å². The van der Waals surface area contributed by atoms with Crippen LogP contribution in [0.3, 0.4) is 0 Å². The summed E-state index contributed by atoms with van der Waals surface area (Å²) in [4.78, 5) is 0. The molecule has 1 aromatic rings. The Morgan fingerprint density at radius 3 is 2.87 bits per heavy atom. The van der Waals surface area contributed by atoms with Crippen molar-refractivity contribution in [2.75, 3.05) is 6.54 Å². The van der Waals surface area contributed by atoms with Crippen LogP contribution < -0.4 is 5.32 Å². The number of hydrogen-bond donors (Lipinski definition) is 1. The molecule has 1 saturated heterocycles. The van der Waals surface area contributed by atoms with Gasteiger partial charge in [-0.2, -0.15) is 0 Å². The summed E-state index contributed by atoms with van der Waals surface area (Å²) in [6, 6.07) is 3.22. The Morgan fingerprint density at radius 2 is 2.20 bits per heavy atom. The Labute approximate surface area is 96.0 Å². The molecule has 0 aliphatic carbocycles. The first-order valence-electron chi connectivity index (χ1n) is 5.04. The lowest BCUT2D eigenvalue weighted by Gasteiger charge is -2.12. The van der Waals surface area contributed by atoms with Crippen LogP contribution in [0.2, 0.25) is 0 Å². The highest BCUT2D eigenvalue weighted by molar-refractivity contribution is 9.10. The maximum Gasteiger partial charge on any atom is 0.173 e. The van der Waals surface area contributed by atoms with E-state index in [4.69, 9.17) is 0 Å². The molecule has 1 atom stereocenters. The Morgan fingerprint density at radius 1 is 1.40 bits per heavy atom. The summed E-state index contributed by atoms with van der Waals surface area (Å²) in [5, 5.41) is 3.33. The van der Waals surface area contributed by atoms with Crippen LogP contribution in [-0.2, 0) is 6.42 Å². The van der Waals surface area contributed by atoms with Crippen LogP contribution in [-0.4, -0.2) is 12.6 Å². The maximum absolute atomic E-state index is 13.2. The quantitative estimate of drug-likeness (QED) is 0.819. The fraction of sp³-hybridized carbons (Fsp3) is 0.455. The summed E-state index contributed by atoms with van der Waals surface area (Å²) < 4.78 is 26.3. The minimum absolute atomic E-state index is 0.260. The normalized spacial score (nSPS) is 20.9. The van der Waals surface area contributed by atoms with Gasteiger partial charge in [0.25, 0.3) is 0 Å². The van der Waals surface area contributed by atoms with Crippen molar-refractivity contribution in [1.82, 2.24) is 5.32 Å². The second-order valence-corrected chi connectivity index (χ2v) is 4.62. The molecule has 1 heterocycles. The number of hydrogen-bond acceptors (Lipinski definition) is 1. The number of benzene rings is 1. The van der Waals surface area contributed by atoms with E-state index in [-0.39, 0.29) is 4.47 Å². The molecule has 0 saturated carbocycles. The first-order valence-corrected chi connectivity index (χ1v) is 5.83. The molecule has 0 spiro atoms. The third kappa shape index (κ3) is 2.37. The third-order valence-electron chi connectivity index (χ3n) is 2.74. The van der Waals surface area contributed by atoms with Gasteiger partial charge in [0.2, 0.25) is 0 Å². The smallest absolute Gasteiger partial charge is 0.173 e. The Kier molecular flexibility index (Phi) is 3.36. The van der Waals surface area contributed by atoms with Gasteiger partial charge < -0.3 is 5.32 Å². The van der Waals surface area contributed by atoms with E-state index in [2.05, 4.69) is 21.2 Å². The Hall–Kier alpha value is -0.480. The molecule has 1 aliphatic rings. The summed E-state index contributed by atoms with van der Waals surface area (Å²) >= 11 is 3.10. The van der Waals surface area contributed by atoms with Crippen LogP contribution in [0.25, 0.3) is 0 Å². The van der Waals surface area contributed by atoms with Gasteiger partial charge in [0.15, 0.2) is 11.6 Å². The van der Waals surface area contributed by atoms with Crippen molar-refractivity contribution in [3.63, 3.8) is 0 Å². The van der Waals surface area contributed by atoms with Gasteiger partial charge in [-0.25, -0.2) is 8.78 Å². The molecule has 0 aromatic heterocycles. The highest BCUT2D eigenvalue weighted by atomic mass is 79.9. The van der Waals surface area contributed by atoms with Gasteiger partial charge in [-0.3, -0.25) is 0 Å². The van der Waals surface area contributed by atoms with E-state index in [0.717, 1.165) is 31.4 Å². The van der Waals surface area contributed by atoms with Crippen LogP contribution in [0.1, 0.15) is 18.4 Å². The molecule has 15 heavy (non-hydrogen) atoms. The first-order chi connectivity index (χ1) is 7.18. The molecule has 1 nitrogen and oxygen atoms in total. The minimum Gasteiger partial charge on any atom is -0.314 e. The van der Waals surface area contributed by atoms with Crippen LogP contribution in [0, 0.1) is 11.6 Å². The van der Waals surface area contributed by atoms with Crippen molar-refractivity contribution < 1.29 is 8.78 Å². The van der Waals surface area contributed by atoms with Gasteiger partial charge >= 0.3 is 0 Å². The highest BCUT2D eigenvalue weighted by Crippen LogP contribution is 2.25. The summed E-state index contributed by atoms with van der Waals surface area (Å²) in [5.41, 5.74) is 0.827. The third-order valence-corrected chi connectivity index (χ3v) is 3.60. The zero-order valence-electron chi connectivity index (χ0n) is 8.19. The van der Waals surface area contributed by atoms with Gasteiger partial charge in [0.05, 0.1) is 4.47 Å². The highest BCUT2D eigenvalue weighted by Gasteiger charge is 2.18. The lowest BCUT2D eigenvalue weighted by atomic mass is 10.0. The maximum atomic E-state index is 13.2. The lowest BCUT2D eigenvalue weighted by Crippen LogP contribution is -2.23. The summed E-state index contributed by atoms with van der Waals surface area (Å²) in [6.45, 7) is 1.02. The van der Waals surface area contributed by atoms with Crippen molar-refractivity contribution in [1.29, 1.82) is 0 Å². The van der Waals surface area contributed by atoms with E-state index in [1.165, 1.54) is 6.07 Å². The van der Waals surface area contributed by atoms with Gasteiger partial charge in [-0.15, -0.1) is 0 Å². The summed E-state index contributed by atoms with van der Waals surface area (Å²) in [7, 11) is 0. The van der Waals surface area contributed by atoms with Gasteiger partial charge in [0, 0.05) is 6.04 Å². The molecule has 1 unspecified atom stereocenters. The molecule has 0 bridgehead atoms. The largest absolute Gasteiger partial charge is 0.314 e. The molecule has 0 amide bonds. The summed E-state index contributed by atoms with van der Waals surface area (Å²) in [5.74, 6) is -1.59. The van der Waals surface area contributed by atoms with Crippen molar-refractivity contribution in [3.8, 4) is 0 Å². The zero-order chi connectivity index (χ0) is 10.8. The van der Waals surface area contributed by atoms with Crippen molar-refractivity contribution >= 4 is 15.9 Å². The fourth-order valence-electron chi connectivity index (χ4n) is 1.92. The molecule has 82 valence electrons. The lowest BCUT2D eigenvalue weighted by molar-refractivity contribution is 0.500. The van der Waals surface area contributed by atoms with E-state index in [1.807, 2.05) is 0 Å². The average Bonchev–Trinajstić information content (AvgIpc) is 2.72. The van der Waals surface area contributed by atoms with E-state index in [9.17, 15) is 8.78 Å². The van der Waals surface area contributed by atoms with Gasteiger partial charge in [0.1, 0.15) is 0 Å². The summed E-state index contributed by atoms with van der Waals surface area (Å²) in [6.07, 6.45) is 3.01. The molecule has 1 aromatic carbocycles. The van der Waals surface area contributed by atoms with Gasteiger partial charge in [-0.05, 0) is 53.4 Å². The SMILES string of the molecule is Fc1ccc(CC2CCCN2)c(Br)c1F. The fourth-order valence-corrected chi connectivity index (χ4v) is 2.40. The first kappa shape index (κ1) is 11.0. The second kappa shape index (κ2) is 4.58. The number of halogens is 3. The van der Waals surface area contributed by atoms with Crippen LogP contribution in [0.4, 0.5) is 8.78 Å². The Bertz CT molecular complexity index is 362. The van der Waals surface area contributed by atoms with Crippen LogP contribution >= 0.6 is 15.9 Å². The zero-order valence-corrected chi connectivity index (χ0v) is 9.78. The Balaban J connectivity index is 2.17.